The molecule has 0 fully saturated rings. The molecule has 0 bridgehead atoms. The standard InChI is InChI=1S/C18H28O3/c1-15(19)20-13-6-5-7-16-8-10-17(11-9-16)21-14-12-18(2,3)4/h8-11H,5-7,12-14H2,1-4H3. The summed E-state index contributed by atoms with van der Waals surface area (Å²) in [7, 11) is 0. The van der Waals surface area contributed by atoms with Crippen LogP contribution in [0.3, 0.4) is 0 Å². The van der Waals surface area contributed by atoms with E-state index in [1.54, 1.807) is 0 Å². The third-order valence-electron chi connectivity index (χ3n) is 3.21. The molecule has 0 radical (unpaired) electrons. The van der Waals surface area contributed by atoms with Crippen molar-refractivity contribution >= 4 is 5.97 Å². The monoisotopic (exact) mass is 292 g/mol. The summed E-state index contributed by atoms with van der Waals surface area (Å²) in [6, 6.07) is 8.28. The minimum Gasteiger partial charge on any atom is -0.494 e. The van der Waals surface area contributed by atoms with Crippen LogP contribution in [-0.4, -0.2) is 19.2 Å². The Morgan fingerprint density at radius 3 is 2.29 bits per heavy atom. The highest BCUT2D eigenvalue weighted by molar-refractivity contribution is 5.65. The number of unbranched alkanes of at least 4 members (excludes halogenated alkanes) is 1. The molecule has 118 valence electrons. The maximum absolute atomic E-state index is 10.6. The number of esters is 1. The van der Waals surface area contributed by atoms with Crippen molar-refractivity contribution in [2.45, 2.75) is 53.4 Å². The molecule has 0 amide bonds. The van der Waals surface area contributed by atoms with E-state index in [0.29, 0.717) is 12.0 Å². The van der Waals surface area contributed by atoms with E-state index >= 15 is 0 Å². The molecule has 0 spiro atoms. The van der Waals surface area contributed by atoms with Crippen molar-refractivity contribution in [2.24, 2.45) is 5.41 Å². The normalized spacial score (nSPS) is 11.2. The summed E-state index contributed by atoms with van der Waals surface area (Å²) in [5.74, 6) is 0.731. The third-order valence-corrected chi connectivity index (χ3v) is 3.21. The van der Waals surface area contributed by atoms with E-state index in [9.17, 15) is 4.79 Å². The molecule has 3 nitrogen and oxygen atoms in total. The molecule has 0 N–H and O–H groups in total. The Hall–Kier alpha value is -1.51. The Morgan fingerprint density at radius 2 is 1.71 bits per heavy atom. The Labute approximate surface area is 128 Å². The van der Waals surface area contributed by atoms with Gasteiger partial charge in [-0.1, -0.05) is 32.9 Å². The highest BCUT2D eigenvalue weighted by Gasteiger charge is 2.09. The lowest BCUT2D eigenvalue weighted by Crippen LogP contribution is -2.11. The molecular weight excluding hydrogens is 264 g/mol. The summed E-state index contributed by atoms with van der Waals surface area (Å²) in [6.07, 6.45) is 3.98. The molecule has 0 aliphatic carbocycles. The Morgan fingerprint density at radius 1 is 1.05 bits per heavy atom. The van der Waals surface area contributed by atoms with E-state index in [1.807, 2.05) is 12.1 Å². The second-order valence-corrected chi connectivity index (χ2v) is 6.60. The van der Waals surface area contributed by atoms with Gasteiger partial charge < -0.3 is 9.47 Å². The molecule has 0 atom stereocenters. The van der Waals surface area contributed by atoms with Crippen LogP contribution < -0.4 is 4.74 Å². The predicted molar refractivity (Wildman–Crippen MR) is 85.6 cm³/mol. The van der Waals surface area contributed by atoms with E-state index in [0.717, 1.165) is 38.0 Å². The highest BCUT2D eigenvalue weighted by Crippen LogP contribution is 2.20. The van der Waals surface area contributed by atoms with E-state index in [1.165, 1.54) is 12.5 Å². The van der Waals surface area contributed by atoms with Gasteiger partial charge in [0.25, 0.3) is 0 Å². The van der Waals surface area contributed by atoms with Crippen molar-refractivity contribution in [2.75, 3.05) is 13.2 Å². The first-order valence-electron chi connectivity index (χ1n) is 7.72. The molecule has 0 saturated heterocycles. The van der Waals surface area contributed by atoms with Gasteiger partial charge in [-0.15, -0.1) is 0 Å². The average molecular weight is 292 g/mol. The van der Waals surface area contributed by atoms with Gasteiger partial charge in [-0.05, 0) is 48.8 Å². The molecule has 1 rings (SSSR count). The van der Waals surface area contributed by atoms with Crippen LogP contribution in [0.2, 0.25) is 0 Å². The number of aryl methyl sites for hydroxylation is 1. The number of benzene rings is 1. The number of hydrogen-bond acceptors (Lipinski definition) is 3. The second-order valence-electron chi connectivity index (χ2n) is 6.60. The third kappa shape index (κ3) is 9.11. The predicted octanol–water partition coefficient (Wildman–Crippen LogP) is 4.39. The van der Waals surface area contributed by atoms with E-state index in [4.69, 9.17) is 9.47 Å². The fourth-order valence-corrected chi connectivity index (χ4v) is 1.87. The number of carbonyl (C=O) groups excluding carboxylic acids is 1. The molecule has 0 unspecified atom stereocenters. The zero-order valence-electron chi connectivity index (χ0n) is 13.8. The summed E-state index contributed by atoms with van der Waals surface area (Å²) in [5.41, 5.74) is 1.60. The molecule has 0 saturated carbocycles. The number of rotatable bonds is 8. The largest absolute Gasteiger partial charge is 0.494 e. The summed E-state index contributed by atoms with van der Waals surface area (Å²) in [5, 5.41) is 0. The number of hydrogen-bond donors (Lipinski definition) is 0. The molecule has 0 heterocycles. The topological polar surface area (TPSA) is 35.5 Å². The fourth-order valence-electron chi connectivity index (χ4n) is 1.87. The molecule has 1 aromatic carbocycles. The lowest BCUT2D eigenvalue weighted by atomic mass is 9.93. The van der Waals surface area contributed by atoms with E-state index < -0.39 is 0 Å². The van der Waals surface area contributed by atoms with Gasteiger partial charge in [-0.2, -0.15) is 0 Å². The van der Waals surface area contributed by atoms with Crippen LogP contribution in [0.4, 0.5) is 0 Å². The van der Waals surface area contributed by atoms with Crippen LogP contribution in [0.25, 0.3) is 0 Å². The van der Waals surface area contributed by atoms with Crippen molar-refractivity contribution in [3.8, 4) is 5.75 Å². The Balaban J connectivity index is 2.22. The SMILES string of the molecule is CC(=O)OCCCCc1ccc(OCCC(C)(C)C)cc1. The first kappa shape index (κ1) is 17.5. The van der Waals surface area contributed by atoms with Gasteiger partial charge in [0.15, 0.2) is 0 Å². The molecule has 3 heteroatoms. The lowest BCUT2D eigenvalue weighted by Gasteiger charge is -2.18. The number of carbonyl (C=O) groups is 1. The summed E-state index contributed by atoms with van der Waals surface area (Å²) in [6.45, 7) is 9.37. The lowest BCUT2D eigenvalue weighted by molar-refractivity contribution is -0.141. The summed E-state index contributed by atoms with van der Waals surface area (Å²) >= 11 is 0. The van der Waals surface area contributed by atoms with Crippen molar-refractivity contribution < 1.29 is 14.3 Å². The molecule has 0 aromatic heterocycles. The van der Waals surface area contributed by atoms with Gasteiger partial charge >= 0.3 is 5.97 Å². The highest BCUT2D eigenvalue weighted by atomic mass is 16.5. The molecule has 1 aromatic rings. The first-order chi connectivity index (χ1) is 9.87. The Kier molecular flexibility index (Phi) is 7.27. The van der Waals surface area contributed by atoms with Crippen LogP contribution in [-0.2, 0) is 16.0 Å². The maximum atomic E-state index is 10.6. The fraction of sp³-hybridized carbons (Fsp3) is 0.611. The van der Waals surface area contributed by atoms with Crippen molar-refractivity contribution in [3.05, 3.63) is 29.8 Å². The van der Waals surface area contributed by atoms with Crippen molar-refractivity contribution in [1.29, 1.82) is 0 Å². The van der Waals surface area contributed by atoms with Crippen molar-refractivity contribution in [1.82, 2.24) is 0 Å². The molecule has 0 aliphatic heterocycles. The maximum Gasteiger partial charge on any atom is 0.302 e. The minimum atomic E-state index is -0.202. The van der Waals surface area contributed by atoms with Crippen LogP contribution in [0.15, 0.2) is 24.3 Å². The minimum absolute atomic E-state index is 0.202. The van der Waals surface area contributed by atoms with Crippen LogP contribution in [0.5, 0.6) is 5.75 Å². The second kappa shape index (κ2) is 8.71. The van der Waals surface area contributed by atoms with Crippen molar-refractivity contribution in [3.63, 3.8) is 0 Å². The molecule has 21 heavy (non-hydrogen) atoms. The quantitative estimate of drug-likeness (QED) is 0.526. The van der Waals surface area contributed by atoms with Gasteiger partial charge in [0.2, 0.25) is 0 Å². The van der Waals surface area contributed by atoms with E-state index in [2.05, 4.69) is 32.9 Å². The molecule has 0 aliphatic rings. The first-order valence-corrected chi connectivity index (χ1v) is 7.72. The van der Waals surface area contributed by atoms with Gasteiger partial charge in [0.05, 0.1) is 13.2 Å². The zero-order chi connectivity index (χ0) is 15.7. The van der Waals surface area contributed by atoms with Gasteiger partial charge in [0, 0.05) is 6.92 Å². The Bertz CT molecular complexity index is 415. The zero-order valence-corrected chi connectivity index (χ0v) is 13.8. The van der Waals surface area contributed by atoms with Crippen LogP contribution >= 0.6 is 0 Å². The van der Waals surface area contributed by atoms with Gasteiger partial charge in [0.1, 0.15) is 5.75 Å². The smallest absolute Gasteiger partial charge is 0.302 e. The summed E-state index contributed by atoms with van der Waals surface area (Å²) in [4.78, 5) is 10.6. The van der Waals surface area contributed by atoms with Gasteiger partial charge in [-0.3, -0.25) is 4.79 Å². The number of ether oxygens (including phenoxy) is 2. The molecular formula is C18H28O3. The average Bonchev–Trinajstić information content (AvgIpc) is 2.38. The van der Waals surface area contributed by atoms with Crippen LogP contribution in [0.1, 0.15) is 52.5 Å². The van der Waals surface area contributed by atoms with E-state index in [-0.39, 0.29) is 5.97 Å². The van der Waals surface area contributed by atoms with Gasteiger partial charge in [-0.25, -0.2) is 0 Å². The summed E-state index contributed by atoms with van der Waals surface area (Å²) < 4.78 is 10.7. The van der Waals surface area contributed by atoms with Crippen LogP contribution in [0, 0.1) is 5.41 Å².